The van der Waals surface area contributed by atoms with Gasteiger partial charge < -0.3 is 4.42 Å². The van der Waals surface area contributed by atoms with Gasteiger partial charge in [-0.2, -0.15) is 4.39 Å². The van der Waals surface area contributed by atoms with Crippen LogP contribution >= 0.6 is 0 Å². The van der Waals surface area contributed by atoms with E-state index in [1.165, 1.54) is 42.0 Å². The maximum atomic E-state index is 13.5. The first-order chi connectivity index (χ1) is 19.5. The fourth-order valence-electron chi connectivity index (χ4n) is 4.91. The van der Waals surface area contributed by atoms with E-state index in [4.69, 9.17) is 4.42 Å². The van der Waals surface area contributed by atoms with Crippen molar-refractivity contribution >= 4 is 26.9 Å². The van der Waals surface area contributed by atoms with E-state index in [0.29, 0.717) is 22.9 Å². The van der Waals surface area contributed by atoms with Gasteiger partial charge in [0.15, 0.2) is 5.58 Å². The van der Waals surface area contributed by atoms with Crippen LogP contribution < -0.4 is 10.5 Å². The first-order valence-electron chi connectivity index (χ1n) is 13.9. The minimum atomic E-state index is -4.13. The number of hydrogen-bond donors (Lipinski definition) is 1. The van der Waals surface area contributed by atoms with Crippen LogP contribution in [0.4, 0.5) is 10.2 Å². The Morgan fingerprint density at radius 2 is 1.83 bits per heavy atom. The Hall–Kier alpha value is -3.90. The highest BCUT2D eigenvalue weighted by Gasteiger charge is 2.24. The highest BCUT2D eigenvalue weighted by Crippen LogP contribution is 2.29. The number of fused-ring (bicyclic) bond motifs is 1. The highest BCUT2D eigenvalue weighted by molar-refractivity contribution is 7.92. The van der Waals surface area contributed by atoms with Gasteiger partial charge in [-0.05, 0) is 61.1 Å². The number of unbranched alkanes of at least 4 members (excludes halogenated alkanes) is 1. The van der Waals surface area contributed by atoms with Gasteiger partial charge in [0.1, 0.15) is 5.82 Å². The van der Waals surface area contributed by atoms with Crippen LogP contribution in [-0.4, -0.2) is 18.0 Å². The lowest BCUT2D eigenvalue weighted by Gasteiger charge is -2.17. The number of oxazole rings is 1. The molecule has 4 aromatic rings. The lowest BCUT2D eigenvalue weighted by atomic mass is 9.89. The van der Waals surface area contributed by atoms with Gasteiger partial charge in [0.2, 0.25) is 5.95 Å². The lowest BCUT2D eigenvalue weighted by molar-refractivity contribution is 0.361. The van der Waals surface area contributed by atoms with Crippen LogP contribution in [-0.2, 0) is 10.0 Å². The van der Waals surface area contributed by atoms with Gasteiger partial charge in [0.05, 0.1) is 16.5 Å². The molecule has 216 valence electrons. The summed E-state index contributed by atoms with van der Waals surface area (Å²) in [5, 5.41) is 0. The third-order valence-electron chi connectivity index (χ3n) is 7.58. The summed E-state index contributed by atoms with van der Waals surface area (Å²) in [6.45, 7) is 10.2. The quantitative estimate of drug-likeness (QED) is 0.161. The number of benzene rings is 2. The SMILES string of the molecule is CCCCC(C)C(C)CC#Cc1ccccc1C(C)n1c(=O)oc2cc(S(=O)(=O)Nc3cccc(F)n3)c(C)cc21. The first kappa shape index (κ1) is 30.1. The zero-order chi connectivity index (χ0) is 29.7. The van der Waals surface area contributed by atoms with Crippen molar-refractivity contribution in [2.75, 3.05) is 4.72 Å². The molecule has 0 aliphatic heterocycles. The smallest absolute Gasteiger partial charge is 0.408 e. The molecule has 9 heteroatoms. The third kappa shape index (κ3) is 6.88. The standard InChI is InChI=1S/C32H36FN3O4S/c1-6-7-12-21(2)22(3)13-10-15-25-14-8-9-16-26(25)24(5)36-27-19-23(4)29(20-28(27)40-32(36)37)41(38,39)35-31-18-11-17-30(33)34-31/h8-9,11,14,16-22,24H,6-7,12-13H2,1-5H3,(H,34,35). The molecule has 0 amide bonds. The van der Waals surface area contributed by atoms with Gasteiger partial charge >= 0.3 is 5.76 Å². The largest absolute Gasteiger partial charge is 0.420 e. The zero-order valence-corrected chi connectivity index (χ0v) is 24.9. The fourth-order valence-corrected chi connectivity index (χ4v) is 6.16. The molecule has 2 heterocycles. The topological polar surface area (TPSA) is 94.2 Å². The highest BCUT2D eigenvalue weighted by atomic mass is 32.2. The molecule has 1 N–H and O–H groups in total. The molecule has 0 aliphatic rings. The molecular formula is C32H36FN3O4S. The van der Waals surface area contributed by atoms with Crippen LogP contribution in [0, 0.1) is 36.5 Å². The van der Waals surface area contributed by atoms with Crippen molar-refractivity contribution in [3.63, 3.8) is 0 Å². The minimum Gasteiger partial charge on any atom is -0.408 e. The number of pyridine rings is 1. The normalized spacial score (nSPS) is 13.8. The van der Waals surface area contributed by atoms with Crippen molar-refractivity contribution in [2.45, 2.75) is 71.2 Å². The predicted molar refractivity (Wildman–Crippen MR) is 160 cm³/mol. The van der Waals surface area contributed by atoms with Gasteiger partial charge in [0.25, 0.3) is 10.0 Å². The van der Waals surface area contributed by atoms with Crippen molar-refractivity contribution in [3.8, 4) is 11.8 Å². The molecule has 0 bridgehead atoms. The number of sulfonamides is 1. The van der Waals surface area contributed by atoms with E-state index < -0.39 is 27.8 Å². The predicted octanol–water partition coefficient (Wildman–Crippen LogP) is 7.05. The van der Waals surface area contributed by atoms with Crippen molar-refractivity contribution < 1.29 is 17.2 Å². The van der Waals surface area contributed by atoms with E-state index in [9.17, 15) is 17.6 Å². The number of nitrogens with zero attached hydrogens (tertiary/aromatic N) is 2. The van der Waals surface area contributed by atoms with Crippen LogP contribution in [0.3, 0.4) is 0 Å². The molecule has 0 saturated carbocycles. The van der Waals surface area contributed by atoms with Crippen LogP contribution in [0.5, 0.6) is 0 Å². The summed E-state index contributed by atoms with van der Waals surface area (Å²) in [5.74, 6) is 6.18. The Bertz CT molecular complexity index is 1760. The summed E-state index contributed by atoms with van der Waals surface area (Å²) in [6.07, 6.45) is 4.40. The number of nitrogens with one attached hydrogen (secondary N) is 1. The number of aromatic nitrogens is 2. The Morgan fingerprint density at radius 1 is 1.07 bits per heavy atom. The zero-order valence-electron chi connectivity index (χ0n) is 24.1. The number of aryl methyl sites for hydroxylation is 1. The Kier molecular flexibility index (Phi) is 9.34. The monoisotopic (exact) mass is 577 g/mol. The van der Waals surface area contributed by atoms with Crippen molar-refractivity contribution in [1.29, 1.82) is 0 Å². The second kappa shape index (κ2) is 12.7. The van der Waals surface area contributed by atoms with E-state index in [0.717, 1.165) is 23.6 Å². The molecule has 0 saturated heterocycles. The summed E-state index contributed by atoms with van der Waals surface area (Å²) in [7, 11) is -4.13. The van der Waals surface area contributed by atoms with Crippen molar-refractivity contribution in [1.82, 2.24) is 9.55 Å². The van der Waals surface area contributed by atoms with Crippen molar-refractivity contribution in [2.24, 2.45) is 11.8 Å². The second-order valence-electron chi connectivity index (χ2n) is 10.6. The maximum absolute atomic E-state index is 13.5. The van der Waals surface area contributed by atoms with Gasteiger partial charge in [-0.3, -0.25) is 9.29 Å². The van der Waals surface area contributed by atoms with E-state index in [-0.39, 0.29) is 16.3 Å². The molecule has 3 unspecified atom stereocenters. The molecule has 0 fully saturated rings. The fraction of sp³-hybridized carbons (Fsp3) is 0.375. The van der Waals surface area contributed by atoms with Crippen LogP contribution in [0.15, 0.2) is 68.7 Å². The maximum Gasteiger partial charge on any atom is 0.420 e. The molecule has 0 aliphatic carbocycles. The lowest BCUT2D eigenvalue weighted by Crippen LogP contribution is -2.20. The molecule has 3 atom stereocenters. The van der Waals surface area contributed by atoms with Gasteiger partial charge in [-0.15, -0.1) is 0 Å². The third-order valence-corrected chi connectivity index (χ3v) is 9.08. The second-order valence-corrected chi connectivity index (χ2v) is 12.3. The Morgan fingerprint density at radius 3 is 2.56 bits per heavy atom. The van der Waals surface area contributed by atoms with Crippen LogP contribution in [0.2, 0.25) is 0 Å². The summed E-state index contributed by atoms with van der Waals surface area (Å²) in [6, 6.07) is 14.0. The van der Waals surface area contributed by atoms with Gasteiger partial charge in [-0.25, -0.2) is 18.2 Å². The minimum absolute atomic E-state index is 0.0989. The van der Waals surface area contributed by atoms with Crippen molar-refractivity contribution in [3.05, 3.63) is 87.8 Å². The summed E-state index contributed by atoms with van der Waals surface area (Å²) < 4.78 is 49.0. The first-order valence-corrected chi connectivity index (χ1v) is 15.4. The number of anilines is 1. The molecule has 0 spiro atoms. The average Bonchev–Trinajstić information content (AvgIpc) is 3.25. The van der Waals surface area contributed by atoms with Crippen LogP contribution in [0.25, 0.3) is 11.1 Å². The Balaban J connectivity index is 1.65. The Labute approximate surface area is 240 Å². The van der Waals surface area contributed by atoms with Crippen LogP contribution in [0.1, 0.15) is 76.1 Å². The average molecular weight is 578 g/mol. The summed E-state index contributed by atoms with van der Waals surface area (Å²) in [5.41, 5.74) is 2.67. The molecule has 2 aromatic heterocycles. The number of halogens is 1. The number of hydrogen-bond acceptors (Lipinski definition) is 5. The molecule has 0 radical (unpaired) electrons. The molecule has 41 heavy (non-hydrogen) atoms. The molecule has 2 aromatic carbocycles. The number of rotatable bonds is 10. The van der Waals surface area contributed by atoms with E-state index in [1.54, 1.807) is 13.0 Å². The van der Waals surface area contributed by atoms with E-state index in [2.05, 4.69) is 42.3 Å². The van der Waals surface area contributed by atoms with E-state index in [1.807, 2.05) is 31.2 Å². The molecule has 7 nitrogen and oxygen atoms in total. The molecular weight excluding hydrogens is 541 g/mol. The summed E-state index contributed by atoms with van der Waals surface area (Å²) >= 11 is 0. The summed E-state index contributed by atoms with van der Waals surface area (Å²) in [4.78, 5) is 16.5. The molecule has 4 rings (SSSR count). The van der Waals surface area contributed by atoms with E-state index >= 15 is 0 Å². The van der Waals surface area contributed by atoms with Gasteiger partial charge in [-0.1, -0.05) is 76.1 Å². The van der Waals surface area contributed by atoms with Gasteiger partial charge in [0, 0.05) is 18.1 Å².